The van der Waals surface area contributed by atoms with E-state index in [-0.39, 0.29) is 5.02 Å². The van der Waals surface area contributed by atoms with E-state index in [0.717, 1.165) is 17.2 Å². The first-order valence-corrected chi connectivity index (χ1v) is 6.60. The van der Waals surface area contributed by atoms with Crippen molar-refractivity contribution in [3.8, 4) is 5.75 Å². The van der Waals surface area contributed by atoms with Gasteiger partial charge in [-0.05, 0) is 19.2 Å². The smallest absolute Gasteiger partial charge is 0.145 e. The standard InChI is InChI=1S/C12H12ClFN2OS/c1-15-5-12-16-8(7-18-12)6-17-9-2-3-10(13)11(14)4-9/h2-4,7,15H,5-6H2,1H3. The maximum Gasteiger partial charge on any atom is 0.145 e. The lowest BCUT2D eigenvalue weighted by Crippen LogP contribution is -2.05. The van der Waals surface area contributed by atoms with Crippen molar-refractivity contribution < 1.29 is 9.13 Å². The number of hydrogen-bond acceptors (Lipinski definition) is 4. The molecule has 2 aromatic rings. The molecule has 96 valence electrons. The molecule has 0 unspecified atom stereocenters. The highest BCUT2D eigenvalue weighted by atomic mass is 35.5. The minimum Gasteiger partial charge on any atom is -0.487 e. The first kappa shape index (κ1) is 13.3. The van der Waals surface area contributed by atoms with Gasteiger partial charge in [-0.25, -0.2) is 9.37 Å². The molecule has 1 heterocycles. The van der Waals surface area contributed by atoms with Crippen molar-refractivity contribution in [2.24, 2.45) is 0 Å². The molecule has 1 aromatic heterocycles. The number of benzene rings is 1. The van der Waals surface area contributed by atoms with Gasteiger partial charge >= 0.3 is 0 Å². The number of aromatic nitrogens is 1. The van der Waals surface area contributed by atoms with Crippen molar-refractivity contribution in [2.75, 3.05) is 7.05 Å². The Morgan fingerprint density at radius 2 is 2.33 bits per heavy atom. The van der Waals surface area contributed by atoms with Gasteiger partial charge in [0, 0.05) is 18.0 Å². The molecule has 0 aliphatic rings. The van der Waals surface area contributed by atoms with Gasteiger partial charge in [-0.15, -0.1) is 11.3 Å². The van der Waals surface area contributed by atoms with Crippen LogP contribution in [-0.4, -0.2) is 12.0 Å². The number of nitrogens with one attached hydrogen (secondary N) is 1. The van der Waals surface area contributed by atoms with E-state index in [0.29, 0.717) is 12.4 Å². The van der Waals surface area contributed by atoms with Crippen LogP contribution in [0.1, 0.15) is 10.7 Å². The normalized spacial score (nSPS) is 10.6. The molecule has 2 rings (SSSR count). The van der Waals surface area contributed by atoms with Gasteiger partial charge in [0.2, 0.25) is 0 Å². The zero-order valence-electron chi connectivity index (χ0n) is 9.74. The number of nitrogens with zero attached hydrogens (tertiary/aromatic N) is 1. The molecular formula is C12H12ClFN2OS. The minimum atomic E-state index is -0.483. The Balaban J connectivity index is 1.95. The van der Waals surface area contributed by atoms with E-state index in [1.165, 1.54) is 12.1 Å². The van der Waals surface area contributed by atoms with Crippen molar-refractivity contribution in [3.63, 3.8) is 0 Å². The van der Waals surface area contributed by atoms with Crippen molar-refractivity contribution in [1.29, 1.82) is 0 Å². The third kappa shape index (κ3) is 3.41. The van der Waals surface area contributed by atoms with Crippen LogP contribution in [0.5, 0.6) is 5.75 Å². The maximum atomic E-state index is 13.2. The van der Waals surface area contributed by atoms with Crippen LogP contribution >= 0.6 is 22.9 Å². The van der Waals surface area contributed by atoms with Crippen LogP contribution in [0.2, 0.25) is 5.02 Å². The van der Waals surface area contributed by atoms with Gasteiger partial charge in [0.05, 0.1) is 10.7 Å². The fourth-order valence-corrected chi connectivity index (χ4v) is 2.28. The molecule has 0 bridgehead atoms. The quantitative estimate of drug-likeness (QED) is 0.916. The van der Waals surface area contributed by atoms with Crippen LogP contribution in [0, 0.1) is 5.82 Å². The minimum absolute atomic E-state index is 0.0901. The molecule has 1 N–H and O–H groups in total. The van der Waals surface area contributed by atoms with Crippen LogP contribution in [0.4, 0.5) is 4.39 Å². The van der Waals surface area contributed by atoms with Gasteiger partial charge in [-0.3, -0.25) is 0 Å². The molecule has 0 saturated heterocycles. The summed E-state index contributed by atoms with van der Waals surface area (Å²) in [5, 5.41) is 6.05. The lowest BCUT2D eigenvalue weighted by molar-refractivity contribution is 0.300. The van der Waals surface area contributed by atoms with Crippen LogP contribution in [0.15, 0.2) is 23.6 Å². The van der Waals surface area contributed by atoms with E-state index in [9.17, 15) is 4.39 Å². The first-order valence-electron chi connectivity index (χ1n) is 5.35. The van der Waals surface area contributed by atoms with E-state index in [2.05, 4.69) is 10.3 Å². The Hall–Kier alpha value is -1.17. The number of ether oxygens (including phenoxy) is 1. The molecule has 3 nitrogen and oxygen atoms in total. The molecule has 0 saturated carbocycles. The summed E-state index contributed by atoms with van der Waals surface area (Å²) in [4.78, 5) is 4.37. The topological polar surface area (TPSA) is 34.2 Å². The highest BCUT2D eigenvalue weighted by Gasteiger charge is 2.04. The summed E-state index contributed by atoms with van der Waals surface area (Å²) in [7, 11) is 1.87. The zero-order chi connectivity index (χ0) is 13.0. The number of hydrogen-bond donors (Lipinski definition) is 1. The highest BCUT2D eigenvalue weighted by molar-refractivity contribution is 7.09. The largest absolute Gasteiger partial charge is 0.487 e. The Kier molecular flexibility index (Phi) is 4.52. The number of thiazole rings is 1. The van der Waals surface area contributed by atoms with Crippen LogP contribution in [0.25, 0.3) is 0 Å². The molecule has 0 aliphatic heterocycles. The zero-order valence-corrected chi connectivity index (χ0v) is 11.3. The summed E-state index contributed by atoms with van der Waals surface area (Å²) >= 11 is 7.15. The molecule has 6 heteroatoms. The van der Waals surface area contributed by atoms with Crippen LogP contribution < -0.4 is 10.1 Å². The van der Waals surface area contributed by atoms with Crippen molar-refractivity contribution >= 4 is 22.9 Å². The SMILES string of the molecule is CNCc1nc(COc2ccc(Cl)c(F)c2)cs1. The lowest BCUT2D eigenvalue weighted by atomic mass is 10.3. The summed E-state index contributed by atoms with van der Waals surface area (Å²) in [6.45, 7) is 1.06. The molecule has 0 amide bonds. The maximum absolute atomic E-state index is 13.2. The van der Waals surface area contributed by atoms with E-state index >= 15 is 0 Å². The Morgan fingerprint density at radius 1 is 1.50 bits per heavy atom. The van der Waals surface area contributed by atoms with E-state index in [1.807, 2.05) is 12.4 Å². The molecular weight excluding hydrogens is 275 g/mol. The predicted octanol–water partition coefficient (Wildman–Crippen LogP) is 3.23. The van der Waals surface area contributed by atoms with Gasteiger partial charge in [-0.1, -0.05) is 11.6 Å². The third-order valence-corrected chi connectivity index (χ3v) is 3.41. The Labute approximate surface area is 114 Å². The predicted molar refractivity (Wildman–Crippen MR) is 70.6 cm³/mol. The second kappa shape index (κ2) is 6.13. The third-order valence-electron chi connectivity index (χ3n) is 2.21. The summed E-state index contributed by atoms with van der Waals surface area (Å²) in [6, 6.07) is 4.37. The summed E-state index contributed by atoms with van der Waals surface area (Å²) in [5.41, 5.74) is 0.834. The van der Waals surface area contributed by atoms with Gasteiger partial charge in [0.1, 0.15) is 23.2 Å². The fraction of sp³-hybridized carbons (Fsp3) is 0.250. The van der Waals surface area contributed by atoms with E-state index in [4.69, 9.17) is 16.3 Å². The Morgan fingerprint density at radius 3 is 3.06 bits per heavy atom. The molecule has 18 heavy (non-hydrogen) atoms. The summed E-state index contributed by atoms with van der Waals surface area (Å²) in [5.74, 6) is -0.0385. The first-order chi connectivity index (χ1) is 8.69. The van der Waals surface area contributed by atoms with Crippen molar-refractivity contribution in [3.05, 3.63) is 45.1 Å². The molecule has 0 atom stereocenters. The number of rotatable bonds is 5. The Bertz CT molecular complexity index is 533. The average molecular weight is 287 g/mol. The summed E-state index contributed by atoms with van der Waals surface area (Å²) in [6.07, 6.45) is 0. The van der Waals surface area contributed by atoms with Gasteiger partial charge < -0.3 is 10.1 Å². The fourth-order valence-electron chi connectivity index (χ4n) is 1.37. The molecule has 0 aliphatic carbocycles. The van der Waals surface area contributed by atoms with E-state index in [1.54, 1.807) is 17.4 Å². The highest BCUT2D eigenvalue weighted by Crippen LogP contribution is 2.21. The van der Waals surface area contributed by atoms with Crippen molar-refractivity contribution in [2.45, 2.75) is 13.2 Å². The molecule has 0 fully saturated rings. The van der Waals surface area contributed by atoms with E-state index < -0.39 is 5.82 Å². The van der Waals surface area contributed by atoms with Gasteiger partial charge in [0.25, 0.3) is 0 Å². The summed E-state index contributed by atoms with van der Waals surface area (Å²) < 4.78 is 18.6. The molecule has 0 radical (unpaired) electrons. The molecule has 0 spiro atoms. The second-order valence-electron chi connectivity index (χ2n) is 3.63. The monoisotopic (exact) mass is 286 g/mol. The average Bonchev–Trinajstić information content (AvgIpc) is 2.79. The van der Waals surface area contributed by atoms with Gasteiger partial charge in [-0.2, -0.15) is 0 Å². The van der Waals surface area contributed by atoms with Crippen molar-refractivity contribution in [1.82, 2.24) is 10.3 Å². The number of halogens is 2. The van der Waals surface area contributed by atoms with Gasteiger partial charge in [0.15, 0.2) is 0 Å². The second-order valence-corrected chi connectivity index (χ2v) is 4.98. The molecule has 1 aromatic carbocycles. The lowest BCUT2D eigenvalue weighted by Gasteiger charge is -2.04. The van der Waals surface area contributed by atoms with Crippen LogP contribution in [-0.2, 0) is 13.2 Å². The van der Waals surface area contributed by atoms with Crippen LogP contribution in [0.3, 0.4) is 0 Å².